The number of carbonyl (C=O) groups excluding carboxylic acids is 1. The maximum Gasteiger partial charge on any atom is 0.159 e. The first kappa shape index (κ1) is 13.8. The maximum atomic E-state index is 11.2. The van der Waals surface area contributed by atoms with Crippen molar-refractivity contribution in [3.8, 4) is 0 Å². The molecule has 0 atom stereocenters. The number of hydrogen-bond acceptors (Lipinski definition) is 2. The molecule has 0 radical (unpaired) electrons. The van der Waals surface area contributed by atoms with Crippen LogP contribution in [0.5, 0.6) is 0 Å². The summed E-state index contributed by atoms with van der Waals surface area (Å²) in [5.74, 6) is 0.824. The van der Waals surface area contributed by atoms with Gasteiger partial charge >= 0.3 is 0 Å². The van der Waals surface area contributed by atoms with Crippen LogP contribution in [0.2, 0.25) is 0 Å². The van der Waals surface area contributed by atoms with Gasteiger partial charge in [0.15, 0.2) is 5.78 Å². The van der Waals surface area contributed by atoms with Crippen LogP contribution in [0.15, 0.2) is 36.4 Å². The normalized spacial score (nSPS) is 9.65. The van der Waals surface area contributed by atoms with Crippen LogP contribution in [-0.4, -0.2) is 5.78 Å². The fraction of sp³-hybridized carbons (Fsp3) is 0.267. The van der Waals surface area contributed by atoms with Crippen molar-refractivity contribution in [1.82, 2.24) is 0 Å². The van der Waals surface area contributed by atoms with Crippen molar-refractivity contribution in [2.75, 3.05) is 0 Å². The van der Waals surface area contributed by atoms with Crippen molar-refractivity contribution in [3.05, 3.63) is 47.5 Å². The third kappa shape index (κ3) is 3.10. The summed E-state index contributed by atoms with van der Waals surface area (Å²) in [6.07, 6.45) is 0. The van der Waals surface area contributed by atoms with E-state index in [1.807, 2.05) is 44.2 Å². The quantitative estimate of drug-likeness (QED) is 0.610. The smallest absolute Gasteiger partial charge is 0.159 e. The van der Waals surface area contributed by atoms with E-state index in [-0.39, 0.29) is 5.78 Å². The van der Waals surface area contributed by atoms with Crippen LogP contribution in [0.1, 0.15) is 36.7 Å². The van der Waals surface area contributed by atoms with Crippen LogP contribution in [0.4, 0.5) is 0 Å². The zero-order chi connectivity index (χ0) is 12.8. The number of carbonyl (C=O) groups is 1. The first-order chi connectivity index (χ1) is 8.22. The van der Waals surface area contributed by atoms with Gasteiger partial charge in [-0.3, -0.25) is 4.79 Å². The highest BCUT2D eigenvalue weighted by Crippen LogP contribution is 2.21. The highest BCUT2D eigenvalue weighted by molar-refractivity contribution is 7.79. The van der Waals surface area contributed by atoms with Gasteiger partial charge in [-0.05, 0) is 29.3 Å². The van der Waals surface area contributed by atoms with E-state index in [0.717, 1.165) is 16.7 Å². The van der Waals surface area contributed by atoms with Gasteiger partial charge in [0.2, 0.25) is 0 Å². The van der Waals surface area contributed by atoms with Crippen LogP contribution in [0.25, 0.3) is 10.8 Å². The first-order valence-electron chi connectivity index (χ1n) is 5.86. The molecule has 0 aromatic heterocycles. The van der Waals surface area contributed by atoms with E-state index in [4.69, 9.17) is 0 Å². The molecular weight excluding hydrogens is 228 g/mol. The molecular formula is C15H18OS. The van der Waals surface area contributed by atoms with Crippen LogP contribution < -0.4 is 0 Å². The van der Waals surface area contributed by atoms with E-state index in [1.165, 1.54) is 10.9 Å². The average Bonchev–Trinajstić information content (AvgIpc) is 2.39. The largest absolute Gasteiger partial charge is 0.295 e. The number of ketones is 1. The molecule has 0 amide bonds. The van der Waals surface area contributed by atoms with Gasteiger partial charge in [0, 0.05) is 11.3 Å². The third-order valence-electron chi connectivity index (χ3n) is 2.55. The molecule has 0 bridgehead atoms. The minimum Gasteiger partial charge on any atom is -0.295 e. The van der Waals surface area contributed by atoms with Gasteiger partial charge in [-0.15, -0.1) is 0 Å². The minimum absolute atomic E-state index is 0.105. The van der Waals surface area contributed by atoms with Gasteiger partial charge in [0.25, 0.3) is 0 Å². The summed E-state index contributed by atoms with van der Waals surface area (Å²) in [6, 6.07) is 11.9. The zero-order valence-electron chi connectivity index (χ0n) is 10.5. The Labute approximate surface area is 108 Å². The predicted molar refractivity (Wildman–Crippen MR) is 78.0 cm³/mol. The summed E-state index contributed by atoms with van der Waals surface area (Å²) in [4.78, 5) is 11.2. The van der Waals surface area contributed by atoms with Crippen LogP contribution in [-0.2, 0) is 5.75 Å². The highest BCUT2D eigenvalue weighted by atomic mass is 32.1. The summed E-state index contributed by atoms with van der Waals surface area (Å²) < 4.78 is 0. The van der Waals surface area contributed by atoms with E-state index >= 15 is 0 Å². The Morgan fingerprint density at radius 2 is 1.88 bits per heavy atom. The number of rotatable bonds is 2. The van der Waals surface area contributed by atoms with E-state index < -0.39 is 0 Å². The second kappa shape index (κ2) is 6.45. The Kier molecular flexibility index (Phi) is 5.23. The predicted octanol–water partition coefficient (Wildman–Crippen LogP) is 4.50. The second-order valence-electron chi connectivity index (χ2n) is 3.57. The Morgan fingerprint density at radius 3 is 2.47 bits per heavy atom. The third-order valence-corrected chi connectivity index (χ3v) is 2.89. The minimum atomic E-state index is 0.105. The fourth-order valence-corrected chi connectivity index (χ4v) is 1.98. The standard InChI is InChI=1S/C13H12OS.C2H6/c1-9(14)10-5-6-13-11(7-10)3-2-4-12(13)8-15;1-2/h2-7,15H,8H2,1H3;1-2H3. The number of thiol groups is 1. The highest BCUT2D eigenvalue weighted by Gasteiger charge is 2.03. The Balaban J connectivity index is 0.000000686. The number of fused-ring (bicyclic) bond motifs is 1. The van der Waals surface area contributed by atoms with Crippen molar-refractivity contribution < 1.29 is 4.79 Å². The molecule has 0 aliphatic rings. The average molecular weight is 246 g/mol. The van der Waals surface area contributed by atoms with Crippen LogP contribution in [0.3, 0.4) is 0 Å². The van der Waals surface area contributed by atoms with Crippen molar-refractivity contribution >= 4 is 29.2 Å². The molecule has 0 fully saturated rings. The molecule has 17 heavy (non-hydrogen) atoms. The lowest BCUT2D eigenvalue weighted by atomic mass is 10.0. The molecule has 1 nitrogen and oxygen atoms in total. The topological polar surface area (TPSA) is 17.1 Å². The summed E-state index contributed by atoms with van der Waals surface area (Å²) in [5, 5.41) is 2.28. The molecule has 0 unspecified atom stereocenters. The molecule has 90 valence electrons. The van der Waals surface area contributed by atoms with Gasteiger partial charge in [0.05, 0.1) is 0 Å². The van der Waals surface area contributed by atoms with Crippen LogP contribution in [0, 0.1) is 0 Å². The number of hydrogen-bond donors (Lipinski definition) is 1. The van der Waals surface area contributed by atoms with E-state index in [1.54, 1.807) is 6.92 Å². The lowest BCUT2D eigenvalue weighted by Gasteiger charge is -2.04. The van der Waals surface area contributed by atoms with Crippen molar-refractivity contribution in [3.63, 3.8) is 0 Å². The Bertz CT molecular complexity index is 517. The summed E-state index contributed by atoms with van der Waals surface area (Å²) >= 11 is 4.29. The molecule has 2 aromatic rings. The van der Waals surface area contributed by atoms with Gasteiger partial charge in [-0.2, -0.15) is 12.6 Å². The summed E-state index contributed by atoms with van der Waals surface area (Å²) in [6.45, 7) is 5.59. The van der Waals surface area contributed by atoms with Crippen molar-refractivity contribution in [2.45, 2.75) is 26.5 Å². The monoisotopic (exact) mass is 246 g/mol. The fourth-order valence-electron chi connectivity index (χ4n) is 1.71. The van der Waals surface area contributed by atoms with E-state index in [9.17, 15) is 4.79 Å². The zero-order valence-corrected chi connectivity index (χ0v) is 11.4. The number of Topliss-reactive ketones (excluding diaryl/α,β-unsaturated/α-hetero) is 1. The van der Waals surface area contributed by atoms with Crippen molar-refractivity contribution in [2.24, 2.45) is 0 Å². The molecule has 2 aromatic carbocycles. The number of benzene rings is 2. The molecule has 2 rings (SSSR count). The Morgan fingerprint density at radius 1 is 1.18 bits per heavy atom. The molecule has 0 aliphatic heterocycles. The van der Waals surface area contributed by atoms with Gasteiger partial charge in [-0.25, -0.2) is 0 Å². The van der Waals surface area contributed by atoms with Gasteiger partial charge < -0.3 is 0 Å². The maximum absolute atomic E-state index is 11.2. The summed E-state index contributed by atoms with van der Waals surface area (Å²) in [5.41, 5.74) is 1.96. The molecule has 0 N–H and O–H groups in total. The second-order valence-corrected chi connectivity index (χ2v) is 3.88. The molecule has 0 heterocycles. The van der Waals surface area contributed by atoms with Gasteiger partial charge in [-0.1, -0.05) is 44.2 Å². The molecule has 0 spiro atoms. The lowest BCUT2D eigenvalue weighted by molar-refractivity contribution is 0.101. The lowest BCUT2D eigenvalue weighted by Crippen LogP contribution is -1.92. The van der Waals surface area contributed by atoms with Gasteiger partial charge in [0.1, 0.15) is 0 Å². The molecule has 2 heteroatoms. The summed E-state index contributed by atoms with van der Waals surface area (Å²) in [7, 11) is 0. The molecule has 0 aliphatic carbocycles. The van der Waals surface area contributed by atoms with Crippen LogP contribution >= 0.6 is 12.6 Å². The molecule has 0 saturated carbocycles. The van der Waals surface area contributed by atoms with Crippen molar-refractivity contribution in [1.29, 1.82) is 0 Å². The van der Waals surface area contributed by atoms with E-state index in [0.29, 0.717) is 0 Å². The van der Waals surface area contributed by atoms with E-state index in [2.05, 4.69) is 18.7 Å². The molecule has 0 saturated heterocycles. The SMILES string of the molecule is CC.CC(=O)c1ccc2c(CS)cccc2c1. The Hall–Kier alpha value is -1.28. The first-order valence-corrected chi connectivity index (χ1v) is 6.49.